The molecule has 30 heavy (non-hydrogen) atoms. The molecule has 1 atom stereocenters. The highest BCUT2D eigenvalue weighted by Crippen LogP contribution is 2.26. The van der Waals surface area contributed by atoms with Gasteiger partial charge >= 0.3 is 5.97 Å². The van der Waals surface area contributed by atoms with Crippen molar-refractivity contribution in [2.45, 2.75) is 52.1 Å². The molecule has 0 radical (unpaired) electrons. The van der Waals surface area contributed by atoms with Gasteiger partial charge in [0, 0.05) is 5.57 Å². The summed E-state index contributed by atoms with van der Waals surface area (Å²) in [5, 5.41) is 20.7. The van der Waals surface area contributed by atoms with Gasteiger partial charge in [0.15, 0.2) is 5.34 Å². The highest BCUT2D eigenvalue weighted by Gasteiger charge is 2.17. The number of unbranched alkanes of at least 4 members (excludes halogenated alkanes) is 3. The molecule has 0 aliphatic carbocycles. The average molecular weight is 408 g/mol. The maximum atomic E-state index is 11.2. The van der Waals surface area contributed by atoms with Crippen molar-refractivity contribution in [3.05, 3.63) is 82.3 Å². The number of benzene rings is 2. The van der Waals surface area contributed by atoms with Crippen molar-refractivity contribution in [3.8, 4) is 6.07 Å². The van der Waals surface area contributed by atoms with E-state index in [1.807, 2.05) is 43.3 Å². The van der Waals surface area contributed by atoms with Crippen LogP contribution in [0.3, 0.4) is 0 Å². The van der Waals surface area contributed by atoms with Gasteiger partial charge in [-0.25, -0.2) is 4.79 Å². The lowest BCUT2D eigenvalue weighted by atomic mass is 9.93. The van der Waals surface area contributed by atoms with E-state index in [-0.39, 0.29) is 11.7 Å². The third kappa shape index (κ3) is 8.70. The first-order chi connectivity index (χ1) is 14.5. The van der Waals surface area contributed by atoms with Gasteiger partial charge in [-0.3, -0.25) is 0 Å². The molecular formula is C24H28N2O4. The maximum absolute atomic E-state index is 11.2. The van der Waals surface area contributed by atoms with Gasteiger partial charge < -0.3 is 9.94 Å². The van der Waals surface area contributed by atoms with Gasteiger partial charge in [-0.15, -0.1) is 4.91 Å². The van der Waals surface area contributed by atoms with Gasteiger partial charge in [0.2, 0.25) is 0 Å². The normalized spacial score (nSPS) is 10.6. The van der Waals surface area contributed by atoms with Crippen LogP contribution in [0.15, 0.2) is 71.6 Å². The lowest BCUT2D eigenvalue weighted by molar-refractivity contribution is -0.132. The Morgan fingerprint density at radius 2 is 1.57 bits per heavy atom. The second-order valence-electron chi connectivity index (χ2n) is 6.74. The van der Waals surface area contributed by atoms with E-state index in [4.69, 9.17) is 5.26 Å². The van der Waals surface area contributed by atoms with Crippen molar-refractivity contribution in [1.29, 1.82) is 5.26 Å². The Morgan fingerprint density at radius 3 is 1.97 bits per heavy atom. The van der Waals surface area contributed by atoms with Gasteiger partial charge in [0.25, 0.3) is 0 Å². The molecule has 0 aromatic heterocycles. The molecule has 2 aromatic carbocycles. The van der Waals surface area contributed by atoms with Crippen molar-refractivity contribution in [3.63, 3.8) is 0 Å². The van der Waals surface area contributed by atoms with Crippen LogP contribution in [-0.2, 0) is 9.63 Å². The summed E-state index contributed by atoms with van der Waals surface area (Å²) >= 11 is 0. The van der Waals surface area contributed by atoms with Crippen LogP contribution in [0, 0.1) is 16.2 Å². The third-order valence-electron chi connectivity index (χ3n) is 4.39. The molecule has 158 valence electrons. The zero-order valence-corrected chi connectivity index (χ0v) is 17.5. The smallest absolute Gasteiger partial charge is 0.347 e. The molecule has 0 aliphatic heterocycles. The Balaban J connectivity index is 0.000000352. The van der Waals surface area contributed by atoms with E-state index in [9.17, 15) is 14.8 Å². The minimum absolute atomic E-state index is 0.00986. The van der Waals surface area contributed by atoms with E-state index in [1.54, 1.807) is 30.3 Å². The fourth-order valence-corrected chi connectivity index (χ4v) is 2.86. The van der Waals surface area contributed by atoms with Gasteiger partial charge in [-0.2, -0.15) is 5.26 Å². The Bertz CT molecular complexity index is 801. The van der Waals surface area contributed by atoms with Crippen molar-refractivity contribution in [2.75, 3.05) is 0 Å². The molecule has 2 rings (SSSR count). The fraction of sp³-hybridized carbons (Fsp3) is 0.333. The SMILES string of the molecule is CCCCCCC(C)ON=O.N#CC(C(=O)O)=C(c1ccccc1)c1ccccc1. The second-order valence-corrected chi connectivity index (χ2v) is 6.74. The number of carboxylic acids is 1. The first-order valence-corrected chi connectivity index (χ1v) is 10.0. The maximum Gasteiger partial charge on any atom is 0.347 e. The van der Waals surface area contributed by atoms with E-state index >= 15 is 0 Å². The van der Waals surface area contributed by atoms with Crippen LogP contribution in [0.2, 0.25) is 0 Å². The summed E-state index contributed by atoms with van der Waals surface area (Å²) < 4.78 is 0. The Morgan fingerprint density at radius 1 is 1.03 bits per heavy atom. The van der Waals surface area contributed by atoms with E-state index in [0.717, 1.165) is 12.8 Å². The molecule has 0 fully saturated rings. The third-order valence-corrected chi connectivity index (χ3v) is 4.39. The van der Waals surface area contributed by atoms with Gasteiger partial charge in [-0.1, -0.05) is 86.8 Å². The summed E-state index contributed by atoms with van der Waals surface area (Å²) in [6, 6.07) is 19.9. The predicted molar refractivity (Wildman–Crippen MR) is 117 cm³/mol. The predicted octanol–water partition coefficient (Wildman–Crippen LogP) is 6.14. The molecule has 1 unspecified atom stereocenters. The summed E-state index contributed by atoms with van der Waals surface area (Å²) in [6.45, 7) is 4.04. The Hall–Kier alpha value is -3.46. The summed E-state index contributed by atoms with van der Waals surface area (Å²) in [6.07, 6.45) is 5.78. The molecule has 0 heterocycles. The number of aliphatic carboxylic acids is 1. The Labute approximate surface area is 177 Å². The summed E-state index contributed by atoms with van der Waals surface area (Å²) in [5.41, 5.74) is 1.62. The highest BCUT2D eigenvalue weighted by atomic mass is 16.7. The lowest BCUT2D eigenvalue weighted by Gasteiger charge is -2.09. The first-order valence-electron chi connectivity index (χ1n) is 10.0. The molecule has 1 N–H and O–H groups in total. The van der Waals surface area contributed by atoms with E-state index in [1.165, 1.54) is 19.3 Å². The molecular weight excluding hydrogens is 380 g/mol. The molecule has 0 spiro atoms. The quantitative estimate of drug-likeness (QED) is 0.167. The molecule has 0 amide bonds. The number of nitrogens with zero attached hydrogens (tertiary/aromatic N) is 2. The second kappa shape index (κ2) is 14.5. The number of rotatable bonds is 10. The zero-order valence-electron chi connectivity index (χ0n) is 17.5. The standard InChI is InChI=1S/C16H11NO2.C8H17NO2/c17-11-14(16(18)19)15(12-7-3-1-4-8-12)13-9-5-2-6-10-13;1-3-4-5-6-7-8(2)11-9-10/h1-10H,(H,18,19);8H,3-7H2,1-2H3. The van der Waals surface area contributed by atoms with Gasteiger partial charge in [0.1, 0.15) is 17.7 Å². The summed E-state index contributed by atoms with van der Waals surface area (Å²) in [4.78, 5) is 25.4. The molecule has 2 aromatic rings. The minimum atomic E-state index is -1.22. The number of carbonyl (C=O) groups is 1. The van der Waals surface area contributed by atoms with Crippen molar-refractivity contribution < 1.29 is 14.7 Å². The van der Waals surface area contributed by atoms with Crippen LogP contribution in [0.4, 0.5) is 0 Å². The van der Waals surface area contributed by atoms with Crippen LogP contribution >= 0.6 is 0 Å². The van der Waals surface area contributed by atoms with E-state index in [0.29, 0.717) is 16.7 Å². The topological polar surface area (TPSA) is 99.8 Å². The highest BCUT2D eigenvalue weighted by molar-refractivity contribution is 6.04. The lowest BCUT2D eigenvalue weighted by Crippen LogP contribution is -2.03. The van der Waals surface area contributed by atoms with Crippen molar-refractivity contribution in [1.82, 2.24) is 0 Å². The molecule has 0 saturated carbocycles. The number of carboxylic acid groups (broad SMARTS) is 1. The van der Waals surface area contributed by atoms with Crippen LogP contribution in [0.25, 0.3) is 5.57 Å². The molecule has 0 bridgehead atoms. The molecule has 0 aliphatic rings. The van der Waals surface area contributed by atoms with Gasteiger partial charge in [0.05, 0.1) is 0 Å². The Kier molecular flexibility index (Phi) is 11.9. The fourth-order valence-electron chi connectivity index (χ4n) is 2.86. The molecule has 6 nitrogen and oxygen atoms in total. The molecule has 0 saturated heterocycles. The van der Waals surface area contributed by atoms with Crippen LogP contribution in [0.5, 0.6) is 0 Å². The van der Waals surface area contributed by atoms with E-state index < -0.39 is 5.97 Å². The number of nitriles is 1. The minimum Gasteiger partial charge on any atom is -0.477 e. The van der Waals surface area contributed by atoms with Crippen molar-refractivity contribution in [2.24, 2.45) is 5.34 Å². The van der Waals surface area contributed by atoms with E-state index in [2.05, 4.69) is 17.1 Å². The molecule has 6 heteroatoms. The monoisotopic (exact) mass is 408 g/mol. The van der Waals surface area contributed by atoms with Crippen LogP contribution < -0.4 is 0 Å². The van der Waals surface area contributed by atoms with Crippen LogP contribution in [-0.4, -0.2) is 17.2 Å². The average Bonchev–Trinajstić information content (AvgIpc) is 2.76. The number of hydrogen-bond acceptors (Lipinski definition) is 5. The van der Waals surface area contributed by atoms with Gasteiger partial charge in [-0.05, 0) is 30.9 Å². The summed E-state index contributed by atoms with van der Waals surface area (Å²) in [7, 11) is 0. The number of hydrogen-bond donors (Lipinski definition) is 1. The first kappa shape index (κ1) is 24.6. The van der Waals surface area contributed by atoms with Crippen LogP contribution in [0.1, 0.15) is 57.1 Å². The largest absolute Gasteiger partial charge is 0.477 e. The van der Waals surface area contributed by atoms with Crippen molar-refractivity contribution >= 4 is 11.5 Å². The summed E-state index contributed by atoms with van der Waals surface area (Å²) in [5.74, 6) is -1.22. The zero-order chi connectivity index (χ0) is 22.2.